The van der Waals surface area contributed by atoms with Crippen molar-refractivity contribution in [1.82, 2.24) is 10.2 Å². The average molecular weight is 393 g/mol. The summed E-state index contributed by atoms with van der Waals surface area (Å²) < 4.78 is 0. The van der Waals surface area contributed by atoms with Gasteiger partial charge in [0.2, 0.25) is 11.8 Å². The summed E-state index contributed by atoms with van der Waals surface area (Å²) in [6.45, 7) is 2.24. The van der Waals surface area contributed by atoms with Crippen LogP contribution in [0, 0.1) is 0 Å². The molecule has 0 aliphatic rings. The first-order valence-corrected chi connectivity index (χ1v) is 9.20. The Kier molecular flexibility index (Phi) is 7.49. The molecule has 26 heavy (non-hydrogen) atoms. The summed E-state index contributed by atoms with van der Waals surface area (Å²) >= 11 is 11.8. The number of nitrogens with zero attached hydrogens (tertiary/aromatic N) is 1. The van der Waals surface area contributed by atoms with Gasteiger partial charge >= 0.3 is 0 Å². The summed E-state index contributed by atoms with van der Waals surface area (Å²) in [7, 11) is 1.58. The van der Waals surface area contributed by atoms with E-state index in [1.807, 2.05) is 31.2 Å². The minimum atomic E-state index is -0.532. The summed E-state index contributed by atoms with van der Waals surface area (Å²) in [6.07, 6.45) is 0.734. The second kappa shape index (κ2) is 9.60. The number of hydrogen-bond acceptors (Lipinski definition) is 2. The fraction of sp³-hybridized carbons (Fsp3) is 0.300. The van der Waals surface area contributed by atoms with Crippen LogP contribution in [0.5, 0.6) is 0 Å². The van der Waals surface area contributed by atoms with E-state index in [0.717, 1.165) is 11.1 Å². The van der Waals surface area contributed by atoms with Crippen LogP contribution in [0.15, 0.2) is 48.5 Å². The van der Waals surface area contributed by atoms with Crippen LogP contribution < -0.4 is 5.32 Å². The lowest BCUT2D eigenvalue weighted by Crippen LogP contribution is -2.48. The Morgan fingerprint density at radius 3 is 1.92 bits per heavy atom. The highest BCUT2D eigenvalue weighted by Crippen LogP contribution is 2.17. The highest BCUT2D eigenvalue weighted by atomic mass is 35.5. The Labute approximate surface area is 164 Å². The summed E-state index contributed by atoms with van der Waals surface area (Å²) in [5.41, 5.74) is 1.77. The van der Waals surface area contributed by atoms with Gasteiger partial charge in [-0.2, -0.15) is 0 Å². The lowest BCUT2D eigenvalue weighted by atomic mass is 10.1. The van der Waals surface area contributed by atoms with Crippen molar-refractivity contribution in [2.75, 3.05) is 7.05 Å². The molecule has 2 aromatic rings. The maximum absolute atomic E-state index is 13.0. The standard InChI is InChI=1S/C20H22Cl2N2O2/c1-3-18(20(26)23-2)24(13-15-6-10-17(22)11-7-15)19(25)12-14-4-8-16(21)9-5-14/h4-11,18H,3,12-13H2,1-2H3,(H,23,26). The van der Waals surface area contributed by atoms with Gasteiger partial charge in [-0.05, 0) is 41.8 Å². The van der Waals surface area contributed by atoms with Crippen molar-refractivity contribution in [2.24, 2.45) is 0 Å². The minimum absolute atomic E-state index is 0.113. The molecule has 1 N–H and O–H groups in total. The zero-order chi connectivity index (χ0) is 19.1. The maximum Gasteiger partial charge on any atom is 0.242 e. The molecule has 138 valence electrons. The second-order valence-electron chi connectivity index (χ2n) is 5.99. The fourth-order valence-electron chi connectivity index (χ4n) is 2.75. The van der Waals surface area contributed by atoms with Gasteiger partial charge < -0.3 is 10.2 Å². The molecule has 6 heteroatoms. The summed E-state index contributed by atoms with van der Waals surface area (Å²) in [6, 6.07) is 13.9. The molecule has 0 aliphatic heterocycles. The van der Waals surface area contributed by atoms with Gasteiger partial charge in [-0.15, -0.1) is 0 Å². The average Bonchev–Trinajstić information content (AvgIpc) is 2.64. The summed E-state index contributed by atoms with van der Waals surface area (Å²) in [4.78, 5) is 26.9. The normalized spacial score (nSPS) is 11.7. The number of benzene rings is 2. The van der Waals surface area contributed by atoms with Gasteiger partial charge in [-0.25, -0.2) is 0 Å². The minimum Gasteiger partial charge on any atom is -0.357 e. The van der Waals surface area contributed by atoms with Crippen LogP contribution >= 0.6 is 23.2 Å². The maximum atomic E-state index is 13.0. The number of carbonyl (C=O) groups is 2. The molecule has 0 saturated carbocycles. The summed E-state index contributed by atoms with van der Waals surface area (Å²) in [5, 5.41) is 3.90. The Morgan fingerprint density at radius 2 is 1.46 bits per heavy atom. The van der Waals surface area contributed by atoms with Crippen LogP contribution in [0.4, 0.5) is 0 Å². The molecule has 0 aromatic heterocycles. The topological polar surface area (TPSA) is 49.4 Å². The van der Waals surface area contributed by atoms with Gasteiger partial charge in [0, 0.05) is 23.6 Å². The third-order valence-corrected chi connectivity index (χ3v) is 4.67. The Balaban J connectivity index is 2.25. The van der Waals surface area contributed by atoms with Gasteiger partial charge in [0.05, 0.1) is 6.42 Å². The van der Waals surface area contributed by atoms with E-state index in [2.05, 4.69) is 5.32 Å². The summed E-state index contributed by atoms with van der Waals surface area (Å²) in [5.74, 6) is -0.288. The van der Waals surface area contributed by atoms with E-state index in [1.165, 1.54) is 0 Å². The van der Waals surface area contributed by atoms with E-state index < -0.39 is 6.04 Å². The molecule has 0 heterocycles. The molecule has 2 amide bonds. The first kappa shape index (κ1) is 20.3. The van der Waals surface area contributed by atoms with Crippen LogP contribution in [0.2, 0.25) is 10.0 Å². The van der Waals surface area contributed by atoms with Crippen molar-refractivity contribution in [2.45, 2.75) is 32.4 Å². The molecule has 0 bridgehead atoms. The van der Waals surface area contributed by atoms with E-state index in [4.69, 9.17) is 23.2 Å². The number of hydrogen-bond donors (Lipinski definition) is 1. The van der Waals surface area contributed by atoms with Gasteiger partial charge in [0.15, 0.2) is 0 Å². The molecule has 1 atom stereocenters. The molecular weight excluding hydrogens is 371 g/mol. The number of amides is 2. The number of nitrogens with one attached hydrogen (secondary N) is 1. The van der Waals surface area contributed by atoms with Gasteiger partial charge in [0.25, 0.3) is 0 Å². The third-order valence-electron chi connectivity index (χ3n) is 4.17. The van der Waals surface area contributed by atoms with Crippen molar-refractivity contribution in [1.29, 1.82) is 0 Å². The monoisotopic (exact) mass is 392 g/mol. The van der Waals surface area contributed by atoms with Gasteiger partial charge in [-0.3, -0.25) is 9.59 Å². The highest BCUT2D eigenvalue weighted by Gasteiger charge is 2.27. The number of carbonyl (C=O) groups excluding carboxylic acids is 2. The SMILES string of the molecule is CCC(C(=O)NC)N(Cc1ccc(Cl)cc1)C(=O)Cc1ccc(Cl)cc1. The first-order valence-electron chi connectivity index (χ1n) is 8.44. The zero-order valence-electron chi connectivity index (χ0n) is 14.8. The fourth-order valence-corrected chi connectivity index (χ4v) is 3.00. The second-order valence-corrected chi connectivity index (χ2v) is 6.86. The molecule has 1 unspecified atom stereocenters. The van der Waals surface area contributed by atoms with E-state index in [1.54, 1.807) is 36.2 Å². The molecule has 0 saturated heterocycles. The van der Waals surface area contributed by atoms with Crippen molar-refractivity contribution < 1.29 is 9.59 Å². The van der Waals surface area contributed by atoms with Crippen molar-refractivity contribution in [3.8, 4) is 0 Å². The molecule has 4 nitrogen and oxygen atoms in total. The lowest BCUT2D eigenvalue weighted by Gasteiger charge is -2.30. The van der Waals surface area contributed by atoms with E-state index in [0.29, 0.717) is 23.0 Å². The Hall–Kier alpha value is -2.04. The predicted octanol–water partition coefficient (Wildman–Crippen LogP) is 4.09. The van der Waals surface area contributed by atoms with Crippen LogP contribution in [0.25, 0.3) is 0 Å². The van der Waals surface area contributed by atoms with Crippen LogP contribution in [-0.4, -0.2) is 29.8 Å². The van der Waals surface area contributed by atoms with E-state index >= 15 is 0 Å². The Morgan fingerprint density at radius 1 is 0.962 bits per heavy atom. The van der Waals surface area contributed by atoms with Crippen LogP contribution in [0.3, 0.4) is 0 Å². The molecule has 2 rings (SSSR count). The molecule has 0 radical (unpaired) electrons. The molecule has 0 spiro atoms. The third kappa shape index (κ3) is 5.48. The first-order chi connectivity index (χ1) is 12.4. The van der Waals surface area contributed by atoms with Gasteiger partial charge in [0.1, 0.15) is 6.04 Å². The molecular formula is C20H22Cl2N2O2. The van der Waals surface area contributed by atoms with Crippen LogP contribution in [-0.2, 0) is 22.6 Å². The predicted molar refractivity (Wildman–Crippen MR) is 105 cm³/mol. The lowest BCUT2D eigenvalue weighted by molar-refractivity contribution is -0.140. The van der Waals surface area contributed by atoms with Crippen molar-refractivity contribution in [3.05, 3.63) is 69.7 Å². The largest absolute Gasteiger partial charge is 0.357 e. The molecule has 0 fully saturated rings. The quantitative estimate of drug-likeness (QED) is 0.771. The number of rotatable bonds is 7. The smallest absolute Gasteiger partial charge is 0.242 e. The van der Waals surface area contributed by atoms with Gasteiger partial charge in [-0.1, -0.05) is 54.4 Å². The Bertz CT molecular complexity index is 745. The van der Waals surface area contributed by atoms with E-state index in [9.17, 15) is 9.59 Å². The van der Waals surface area contributed by atoms with Crippen LogP contribution in [0.1, 0.15) is 24.5 Å². The molecule has 2 aromatic carbocycles. The van der Waals surface area contributed by atoms with Crippen molar-refractivity contribution >= 4 is 35.0 Å². The van der Waals surface area contributed by atoms with Crippen molar-refractivity contribution in [3.63, 3.8) is 0 Å². The van der Waals surface area contributed by atoms with E-state index in [-0.39, 0.29) is 18.2 Å². The highest BCUT2D eigenvalue weighted by molar-refractivity contribution is 6.30. The number of halogens is 2. The molecule has 0 aliphatic carbocycles. The zero-order valence-corrected chi connectivity index (χ0v) is 16.3. The number of likely N-dealkylation sites (N-methyl/N-ethyl adjacent to an activating group) is 1.